The summed E-state index contributed by atoms with van der Waals surface area (Å²) in [5.74, 6) is 0.111. The van der Waals surface area contributed by atoms with Gasteiger partial charge in [-0.3, -0.25) is 4.79 Å². The molecule has 3 N–H and O–H groups in total. The van der Waals surface area contributed by atoms with E-state index in [2.05, 4.69) is 29.5 Å². The number of nitrogens with zero attached hydrogens (tertiary/aromatic N) is 1. The maximum absolute atomic E-state index is 13.3. The minimum atomic E-state index is -0.870. The van der Waals surface area contributed by atoms with Crippen LogP contribution in [-0.2, 0) is 11.3 Å². The van der Waals surface area contributed by atoms with E-state index >= 15 is 0 Å². The fraction of sp³-hybridized carbons (Fsp3) is 0.400. The molecular weight excluding hydrogens is 352 g/mol. The van der Waals surface area contributed by atoms with Gasteiger partial charge in [0, 0.05) is 24.5 Å². The molecule has 1 aliphatic carbocycles. The third kappa shape index (κ3) is 6.60. The van der Waals surface area contributed by atoms with Crippen LogP contribution < -0.4 is 10.6 Å². The molecule has 0 radical (unpaired) electrons. The van der Waals surface area contributed by atoms with Crippen molar-refractivity contribution >= 4 is 18.0 Å². The summed E-state index contributed by atoms with van der Waals surface area (Å²) in [6.45, 7) is 5.90. The number of pyridine rings is 1. The predicted molar refractivity (Wildman–Crippen MR) is 101 cm³/mol. The number of aromatic nitrogens is 1. The monoisotopic (exact) mass is 377 g/mol. The second kappa shape index (κ2) is 9.97. The molecule has 0 atom stereocenters. The lowest BCUT2D eigenvalue weighted by Gasteiger charge is -2.15. The lowest BCUT2D eigenvalue weighted by Crippen LogP contribution is -2.17. The van der Waals surface area contributed by atoms with Crippen LogP contribution in [0.5, 0.6) is 0 Å². The van der Waals surface area contributed by atoms with Gasteiger partial charge in [-0.05, 0) is 60.5 Å². The molecule has 1 saturated carbocycles. The maximum atomic E-state index is 13.3. The third-order valence-electron chi connectivity index (χ3n) is 4.28. The van der Waals surface area contributed by atoms with Crippen molar-refractivity contribution < 1.29 is 18.7 Å². The fourth-order valence-corrected chi connectivity index (χ4v) is 2.71. The molecule has 3 rings (SSSR count). The maximum Gasteiger partial charge on any atom is 0.290 e. The number of anilines is 2. The normalized spacial score (nSPS) is 13.1. The van der Waals surface area contributed by atoms with Crippen molar-refractivity contribution in [2.45, 2.75) is 39.2 Å². The van der Waals surface area contributed by atoms with Gasteiger partial charge in [-0.15, -0.1) is 0 Å². The molecule has 146 valence electrons. The Morgan fingerprint density at radius 2 is 1.96 bits per heavy atom. The van der Waals surface area contributed by atoms with E-state index in [0.29, 0.717) is 17.4 Å². The summed E-state index contributed by atoms with van der Waals surface area (Å²) >= 11 is 0. The molecule has 0 amide bonds. The number of rotatable bonds is 7. The van der Waals surface area contributed by atoms with Crippen molar-refractivity contribution in [2.75, 3.05) is 11.9 Å². The van der Waals surface area contributed by atoms with E-state index in [9.17, 15) is 8.78 Å². The highest BCUT2D eigenvalue weighted by atomic mass is 19.2. The molecule has 0 spiro atoms. The molecule has 0 unspecified atom stereocenters. The second-order valence-electron chi connectivity index (χ2n) is 6.86. The van der Waals surface area contributed by atoms with Crippen LogP contribution in [0.25, 0.3) is 0 Å². The molecule has 5 nitrogen and oxygen atoms in total. The molecule has 0 saturated heterocycles. The SMILES string of the molecule is CC(C)c1cc(Nc2ccc(F)c(F)c2)ncc1CNCC1CC1.O=CO. The van der Waals surface area contributed by atoms with E-state index in [1.165, 1.54) is 30.0 Å². The lowest BCUT2D eigenvalue weighted by atomic mass is 9.99. The van der Waals surface area contributed by atoms with E-state index in [-0.39, 0.29) is 6.47 Å². The van der Waals surface area contributed by atoms with Gasteiger partial charge in [-0.25, -0.2) is 13.8 Å². The van der Waals surface area contributed by atoms with Gasteiger partial charge in [0.1, 0.15) is 5.82 Å². The highest BCUT2D eigenvalue weighted by molar-refractivity contribution is 5.57. The smallest absolute Gasteiger partial charge is 0.290 e. The molecule has 27 heavy (non-hydrogen) atoms. The minimum Gasteiger partial charge on any atom is -0.483 e. The van der Waals surface area contributed by atoms with E-state index in [1.807, 2.05) is 12.3 Å². The van der Waals surface area contributed by atoms with Crippen molar-refractivity contribution in [2.24, 2.45) is 5.92 Å². The first-order chi connectivity index (χ1) is 12.9. The summed E-state index contributed by atoms with van der Waals surface area (Å²) < 4.78 is 26.3. The number of carbonyl (C=O) groups is 1. The van der Waals surface area contributed by atoms with Crippen molar-refractivity contribution in [3.05, 3.63) is 53.2 Å². The second-order valence-corrected chi connectivity index (χ2v) is 6.86. The Hall–Kier alpha value is -2.54. The number of hydrogen-bond acceptors (Lipinski definition) is 4. The van der Waals surface area contributed by atoms with Crippen molar-refractivity contribution in [1.82, 2.24) is 10.3 Å². The first-order valence-electron chi connectivity index (χ1n) is 8.94. The van der Waals surface area contributed by atoms with Crippen LogP contribution in [0, 0.1) is 17.6 Å². The molecule has 2 aromatic rings. The molecule has 0 bridgehead atoms. The highest BCUT2D eigenvalue weighted by Crippen LogP contribution is 2.28. The Morgan fingerprint density at radius 3 is 2.56 bits per heavy atom. The number of halogens is 2. The lowest BCUT2D eigenvalue weighted by molar-refractivity contribution is -0.122. The van der Waals surface area contributed by atoms with Crippen LogP contribution >= 0.6 is 0 Å². The van der Waals surface area contributed by atoms with Crippen LogP contribution in [0.1, 0.15) is 43.7 Å². The summed E-state index contributed by atoms with van der Waals surface area (Å²) in [6.07, 6.45) is 4.52. The highest BCUT2D eigenvalue weighted by Gasteiger charge is 2.20. The molecule has 7 heteroatoms. The van der Waals surface area contributed by atoms with Gasteiger partial charge in [0.25, 0.3) is 6.47 Å². The van der Waals surface area contributed by atoms with Crippen LogP contribution in [0.3, 0.4) is 0 Å². The van der Waals surface area contributed by atoms with Gasteiger partial charge in [-0.2, -0.15) is 0 Å². The van der Waals surface area contributed by atoms with Crippen LogP contribution in [-0.4, -0.2) is 23.1 Å². The summed E-state index contributed by atoms with van der Waals surface area (Å²) in [4.78, 5) is 12.8. The summed E-state index contributed by atoms with van der Waals surface area (Å²) in [5.41, 5.74) is 2.87. The summed E-state index contributed by atoms with van der Waals surface area (Å²) in [5, 5.41) is 13.4. The Kier molecular flexibility index (Phi) is 7.67. The van der Waals surface area contributed by atoms with Crippen LogP contribution in [0.4, 0.5) is 20.3 Å². The summed E-state index contributed by atoms with van der Waals surface area (Å²) in [7, 11) is 0. The Balaban J connectivity index is 0.000000817. The molecule has 0 aliphatic heterocycles. The van der Waals surface area contributed by atoms with E-state index in [1.54, 1.807) is 0 Å². The van der Waals surface area contributed by atoms with Gasteiger partial charge in [0.2, 0.25) is 0 Å². The van der Waals surface area contributed by atoms with Crippen molar-refractivity contribution in [3.63, 3.8) is 0 Å². The molecule has 1 aromatic heterocycles. The van der Waals surface area contributed by atoms with Crippen molar-refractivity contribution in [3.8, 4) is 0 Å². The zero-order valence-corrected chi connectivity index (χ0v) is 15.5. The predicted octanol–water partition coefficient (Wildman–Crippen LogP) is 4.43. The number of hydrogen-bond donors (Lipinski definition) is 3. The number of carboxylic acid groups (broad SMARTS) is 1. The molecule has 1 aliphatic rings. The first kappa shape index (κ1) is 20.8. The third-order valence-corrected chi connectivity index (χ3v) is 4.28. The van der Waals surface area contributed by atoms with Crippen LogP contribution in [0.15, 0.2) is 30.5 Å². The zero-order chi connectivity index (χ0) is 19.8. The summed E-state index contributed by atoms with van der Waals surface area (Å²) in [6, 6.07) is 5.73. The Morgan fingerprint density at radius 1 is 1.26 bits per heavy atom. The van der Waals surface area contributed by atoms with Gasteiger partial charge in [0.05, 0.1) is 0 Å². The number of benzene rings is 1. The Bertz CT molecular complexity index is 765. The van der Waals surface area contributed by atoms with Gasteiger partial charge < -0.3 is 15.7 Å². The average molecular weight is 377 g/mol. The van der Waals surface area contributed by atoms with Gasteiger partial charge >= 0.3 is 0 Å². The van der Waals surface area contributed by atoms with E-state index in [4.69, 9.17) is 9.90 Å². The van der Waals surface area contributed by atoms with Gasteiger partial charge in [-0.1, -0.05) is 13.8 Å². The zero-order valence-electron chi connectivity index (χ0n) is 15.5. The largest absolute Gasteiger partial charge is 0.483 e. The minimum absolute atomic E-state index is 0.250. The van der Waals surface area contributed by atoms with Gasteiger partial charge in [0.15, 0.2) is 11.6 Å². The number of nitrogens with one attached hydrogen (secondary N) is 2. The Labute approximate surface area is 157 Å². The molecule has 1 fully saturated rings. The van der Waals surface area contributed by atoms with Crippen LogP contribution in [0.2, 0.25) is 0 Å². The fourth-order valence-electron chi connectivity index (χ4n) is 2.71. The van der Waals surface area contributed by atoms with E-state index < -0.39 is 11.6 Å². The molecule has 1 aromatic carbocycles. The van der Waals surface area contributed by atoms with E-state index in [0.717, 1.165) is 31.1 Å². The molecular formula is C20H25F2N3O2. The van der Waals surface area contributed by atoms with Crippen molar-refractivity contribution in [1.29, 1.82) is 0 Å². The molecule has 1 heterocycles. The standard InChI is InChI=1S/C19H23F2N3.CH2O2/c1-12(2)16-8-19(24-15-5-6-17(20)18(21)7-15)23-11-14(16)10-22-9-13-3-4-13;2-1-3/h5-8,11-13,22H,3-4,9-10H2,1-2H3,(H,23,24);1H,(H,2,3). The topological polar surface area (TPSA) is 74.2 Å². The average Bonchev–Trinajstić information content (AvgIpc) is 3.44. The quantitative estimate of drug-likeness (QED) is 0.623. The first-order valence-corrected chi connectivity index (χ1v) is 8.94.